The minimum atomic E-state index is 0.0823. The highest BCUT2D eigenvalue weighted by Gasteiger charge is 2.09. The number of hydrogen-bond donors (Lipinski definition) is 1. The largest absolute Gasteiger partial charge is 0.493 e. The van der Waals surface area contributed by atoms with Gasteiger partial charge in [0, 0.05) is 30.9 Å². The van der Waals surface area contributed by atoms with Gasteiger partial charge >= 0.3 is 0 Å². The number of anilines is 1. The van der Waals surface area contributed by atoms with Gasteiger partial charge in [-0.25, -0.2) is 0 Å². The Bertz CT molecular complexity index is 719. The maximum atomic E-state index is 12.1. The molecule has 4 nitrogen and oxygen atoms in total. The average Bonchev–Trinajstić information content (AvgIpc) is 2.79. The molecule has 0 heterocycles. The van der Waals surface area contributed by atoms with Gasteiger partial charge in [-0.1, -0.05) is 84.4 Å². The molecule has 0 bridgehead atoms. The fourth-order valence-corrected chi connectivity index (χ4v) is 3.48. The Hall–Kier alpha value is -2.36. The number of carbonyl (C=O) groups is 1. The fraction of sp³-hybridized carbons (Fsp3) is 0.571. The summed E-state index contributed by atoms with van der Waals surface area (Å²) in [6, 6.07) is 7.85. The van der Waals surface area contributed by atoms with Crippen molar-refractivity contribution < 1.29 is 9.53 Å². The van der Waals surface area contributed by atoms with Crippen LogP contribution in [-0.2, 0) is 9.53 Å². The van der Waals surface area contributed by atoms with Crippen molar-refractivity contribution in [3.05, 3.63) is 47.7 Å². The summed E-state index contributed by atoms with van der Waals surface area (Å²) in [5, 5.41) is 2.99. The number of benzene rings is 1. The van der Waals surface area contributed by atoms with Gasteiger partial charge < -0.3 is 10.1 Å². The Morgan fingerprint density at radius 2 is 1.75 bits per heavy atom. The van der Waals surface area contributed by atoms with Crippen LogP contribution < -0.4 is 5.32 Å². The monoisotopic (exact) mass is 440 g/mol. The summed E-state index contributed by atoms with van der Waals surface area (Å²) in [5.74, 6) is 1.28. The summed E-state index contributed by atoms with van der Waals surface area (Å²) in [6.45, 7) is 11.4. The number of carbonyl (C=O) groups excluding carboxylic acids is 1. The second-order valence-electron chi connectivity index (χ2n) is 8.47. The predicted molar refractivity (Wildman–Crippen MR) is 139 cm³/mol. The van der Waals surface area contributed by atoms with Crippen LogP contribution in [0, 0.1) is 5.92 Å². The van der Waals surface area contributed by atoms with E-state index in [-0.39, 0.29) is 5.91 Å². The molecule has 1 atom stereocenters. The van der Waals surface area contributed by atoms with Crippen molar-refractivity contribution in [2.45, 2.75) is 85.0 Å². The number of nitrogens with one attached hydrogen (secondary N) is 1. The van der Waals surface area contributed by atoms with Crippen LogP contribution in [0.3, 0.4) is 0 Å². The van der Waals surface area contributed by atoms with Crippen molar-refractivity contribution in [1.29, 1.82) is 0 Å². The van der Waals surface area contributed by atoms with Crippen molar-refractivity contribution in [1.82, 2.24) is 0 Å². The van der Waals surface area contributed by atoms with Gasteiger partial charge in [-0.2, -0.15) is 0 Å². The molecule has 1 rings (SSSR count). The molecule has 1 aromatic rings. The number of hydrogen-bond acceptors (Lipinski definition) is 3. The Morgan fingerprint density at radius 1 is 1.06 bits per heavy atom. The standard InChI is InChI=1S/C28H44N2O2/c1-6-9-11-12-13-15-28(31)30-27-18-16-25(17-19-27)20-26(21-29-5)23(4)32-22-24(8-3)14-10-7-2/h16-21,24H,4,6-15,22H2,1-3,5H3,(H,30,31)/b26-20-,29-21?. The summed E-state index contributed by atoms with van der Waals surface area (Å²) in [7, 11) is 1.75. The van der Waals surface area contributed by atoms with Crippen LogP contribution in [-0.4, -0.2) is 25.8 Å². The van der Waals surface area contributed by atoms with Crippen LogP contribution >= 0.6 is 0 Å². The zero-order chi connectivity index (χ0) is 23.6. The summed E-state index contributed by atoms with van der Waals surface area (Å²) >= 11 is 0. The van der Waals surface area contributed by atoms with E-state index in [1.54, 1.807) is 13.3 Å². The number of aliphatic imine (C=N–C) groups is 1. The maximum absolute atomic E-state index is 12.1. The van der Waals surface area contributed by atoms with Crippen molar-refractivity contribution in [2.24, 2.45) is 10.9 Å². The van der Waals surface area contributed by atoms with E-state index in [4.69, 9.17) is 4.74 Å². The lowest BCUT2D eigenvalue weighted by atomic mass is 10.0. The Labute approximate surface area is 196 Å². The van der Waals surface area contributed by atoms with Crippen LogP contribution in [0.4, 0.5) is 5.69 Å². The highest BCUT2D eigenvalue weighted by atomic mass is 16.5. The highest BCUT2D eigenvalue weighted by molar-refractivity contribution is 5.92. The van der Waals surface area contributed by atoms with Crippen molar-refractivity contribution in [3.8, 4) is 0 Å². The first kappa shape index (κ1) is 27.7. The first-order valence-electron chi connectivity index (χ1n) is 12.4. The van der Waals surface area contributed by atoms with Gasteiger partial charge in [0.25, 0.3) is 0 Å². The molecule has 0 saturated heterocycles. The molecule has 0 fully saturated rings. The maximum Gasteiger partial charge on any atom is 0.224 e. The zero-order valence-corrected chi connectivity index (χ0v) is 20.8. The Morgan fingerprint density at radius 3 is 2.38 bits per heavy atom. The molecule has 32 heavy (non-hydrogen) atoms. The van der Waals surface area contributed by atoms with Crippen LogP contribution in [0.2, 0.25) is 0 Å². The molecule has 0 aliphatic heterocycles. The van der Waals surface area contributed by atoms with Crippen molar-refractivity contribution >= 4 is 23.9 Å². The van der Waals surface area contributed by atoms with Gasteiger partial charge in [-0.05, 0) is 42.5 Å². The van der Waals surface area contributed by atoms with Gasteiger partial charge in [-0.15, -0.1) is 0 Å². The molecule has 0 aliphatic carbocycles. The fourth-order valence-electron chi connectivity index (χ4n) is 3.48. The van der Waals surface area contributed by atoms with E-state index >= 15 is 0 Å². The SMILES string of the molecule is C=C(OCC(CC)CCCC)/C(C=NC)=C\c1ccc(NC(=O)CCCCCCC)cc1. The minimum absolute atomic E-state index is 0.0823. The smallest absolute Gasteiger partial charge is 0.224 e. The lowest BCUT2D eigenvalue weighted by Gasteiger charge is -2.17. The van der Waals surface area contributed by atoms with Gasteiger partial charge in [0.2, 0.25) is 5.91 Å². The van der Waals surface area contributed by atoms with Gasteiger partial charge in [0.1, 0.15) is 5.76 Å². The Kier molecular flexibility index (Phi) is 14.9. The predicted octanol–water partition coefficient (Wildman–Crippen LogP) is 7.82. The summed E-state index contributed by atoms with van der Waals surface area (Å²) in [5.41, 5.74) is 2.70. The molecule has 0 aromatic heterocycles. The molecule has 1 amide bonds. The molecule has 1 N–H and O–H groups in total. The van der Waals surface area contributed by atoms with Crippen molar-refractivity contribution in [2.75, 3.05) is 19.0 Å². The topological polar surface area (TPSA) is 50.7 Å². The zero-order valence-electron chi connectivity index (χ0n) is 20.8. The second kappa shape index (κ2) is 17.2. The third-order valence-electron chi connectivity index (χ3n) is 5.65. The molecule has 0 saturated carbocycles. The first-order valence-corrected chi connectivity index (χ1v) is 12.4. The highest BCUT2D eigenvalue weighted by Crippen LogP contribution is 2.19. The third-order valence-corrected chi connectivity index (χ3v) is 5.65. The molecule has 1 aromatic carbocycles. The molecule has 4 heteroatoms. The van der Waals surface area contributed by atoms with Crippen LogP contribution in [0.5, 0.6) is 0 Å². The van der Waals surface area contributed by atoms with Crippen LogP contribution in [0.1, 0.15) is 90.5 Å². The minimum Gasteiger partial charge on any atom is -0.493 e. The number of unbranched alkanes of at least 4 members (excludes halogenated alkanes) is 5. The van der Waals surface area contributed by atoms with E-state index in [1.807, 2.05) is 30.3 Å². The van der Waals surface area contributed by atoms with Gasteiger partial charge in [0.05, 0.1) is 6.61 Å². The normalized spacial score (nSPS) is 12.7. The molecular weight excluding hydrogens is 396 g/mol. The molecule has 0 aliphatic rings. The molecular formula is C28H44N2O2. The number of nitrogens with zero attached hydrogens (tertiary/aromatic N) is 1. The van der Waals surface area contributed by atoms with Gasteiger partial charge in [-0.3, -0.25) is 9.79 Å². The molecule has 178 valence electrons. The van der Waals surface area contributed by atoms with Crippen molar-refractivity contribution in [3.63, 3.8) is 0 Å². The second-order valence-corrected chi connectivity index (χ2v) is 8.47. The quantitative estimate of drug-likeness (QED) is 0.116. The summed E-state index contributed by atoms with van der Waals surface area (Å²) < 4.78 is 6.01. The average molecular weight is 441 g/mol. The van der Waals surface area contributed by atoms with E-state index in [2.05, 4.69) is 37.7 Å². The lowest BCUT2D eigenvalue weighted by Crippen LogP contribution is -2.11. The molecule has 0 radical (unpaired) electrons. The van der Waals surface area contributed by atoms with E-state index in [0.29, 0.717) is 24.7 Å². The van der Waals surface area contributed by atoms with E-state index in [1.165, 1.54) is 38.5 Å². The molecule has 1 unspecified atom stereocenters. The van der Waals surface area contributed by atoms with Gasteiger partial charge in [0.15, 0.2) is 0 Å². The third kappa shape index (κ3) is 11.9. The van der Waals surface area contributed by atoms with E-state index in [0.717, 1.165) is 36.1 Å². The number of amides is 1. The first-order chi connectivity index (χ1) is 15.5. The number of ether oxygens (including phenoxy) is 1. The van der Waals surface area contributed by atoms with E-state index < -0.39 is 0 Å². The summed E-state index contributed by atoms with van der Waals surface area (Å²) in [6.07, 6.45) is 14.9. The summed E-state index contributed by atoms with van der Waals surface area (Å²) in [4.78, 5) is 16.3. The van der Waals surface area contributed by atoms with E-state index in [9.17, 15) is 4.79 Å². The van der Waals surface area contributed by atoms with Crippen LogP contribution in [0.15, 0.2) is 47.2 Å². The molecule has 0 spiro atoms. The lowest BCUT2D eigenvalue weighted by molar-refractivity contribution is -0.116. The number of rotatable bonds is 17. The number of allylic oxidation sites excluding steroid dienone is 1. The van der Waals surface area contributed by atoms with Crippen LogP contribution in [0.25, 0.3) is 6.08 Å². The Balaban J connectivity index is 2.63.